The number of aliphatic hydroxyl groups excluding tert-OH is 2. The molecule has 0 aromatic rings. The lowest BCUT2D eigenvalue weighted by atomic mass is 10.1. The van der Waals surface area contributed by atoms with Crippen molar-refractivity contribution in [2.45, 2.75) is 60.0 Å². The normalized spacial score (nSPS) is 15.0. The summed E-state index contributed by atoms with van der Waals surface area (Å²) in [4.78, 5) is 0.819. The van der Waals surface area contributed by atoms with Gasteiger partial charge in [0.25, 0.3) is 0 Å². The third-order valence-electron chi connectivity index (χ3n) is 2.40. The number of aliphatic hydroxyl groups is 2. The summed E-state index contributed by atoms with van der Waals surface area (Å²) < 4.78 is 0. The van der Waals surface area contributed by atoms with Crippen molar-refractivity contribution < 1.29 is 10.2 Å². The first-order valence-corrected chi connectivity index (χ1v) is 8.29. The monoisotopic (exact) mass is 326 g/mol. The first kappa shape index (κ1) is 25.9. The topological polar surface area (TPSA) is 40.5 Å². The zero-order valence-corrected chi connectivity index (χ0v) is 14.7. The summed E-state index contributed by atoms with van der Waals surface area (Å²) in [5.41, 5.74) is -0.196. The van der Waals surface area contributed by atoms with Crippen LogP contribution in [0.3, 0.4) is 0 Å². The quantitative estimate of drug-likeness (QED) is 0.449. The van der Waals surface area contributed by atoms with Gasteiger partial charge in [0, 0.05) is 4.91 Å². The van der Waals surface area contributed by atoms with Gasteiger partial charge in [-0.15, -0.1) is 0 Å². The second-order valence-electron chi connectivity index (χ2n) is 3.85. The van der Waals surface area contributed by atoms with E-state index in [1.165, 1.54) is 11.8 Å². The molecular formula is C19H34O2S. The number of thioether (sulfide) groups is 1. The van der Waals surface area contributed by atoms with E-state index < -0.39 is 11.5 Å². The van der Waals surface area contributed by atoms with Crippen molar-refractivity contribution in [2.75, 3.05) is 0 Å². The van der Waals surface area contributed by atoms with Crippen molar-refractivity contribution in [1.29, 1.82) is 0 Å². The van der Waals surface area contributed by atoms with Gasteiger partial charge in [0.05, 0.1) is 0 Å². The Morgan fingerprint density at radius 2 is 1.82 bits per heavy atom. The molecular weight excluding hydrogens is 292 g/mol. The van der Waals surface area contributed by atoms with E-state index >= 15 is 0 Å². The van der Waals surface area contributed by atoms with Crippen molar-refractivity contribution in [3.8, 4) is 0 Å². The fraction of sp³-hybridized carbons (Fsp3) is 0.474. The fourth-order valence-corrected chi connectivity index (χ4v) is 2.15. The SMILES string of the molecule is C.C=C/C(=C\C=C/C)SC(O)C(O)C(/C=C\CC)=C/C.CC. The average molecular weight is 327 g/mol. The predicted molar refractivity (Wildman–Crippen MR) is 104 cm³/mol. The van der Waals surface area contributed by atoms with Crippen LogP contribution in [0.4, 0.5) is 0 Å². The number of hydrogen-bond acceptors (Lipinski definition) is 3. The van der Waals surface area contributed by atoms with Gasteiger partial charge < -0.3 is 10.2 Å². The van der Waals surface area contributed by atoms with E-state index in [4.69, 9.17) is 0 Å². The molecule has 0 aromatic heterocycles. The third-order valence-corrected chi connectivity index (χ3v) is 3.48. The number of rotatable bonds is 8. The van der Waals surface area contributed by atoms with Crippen molar-refractivity contribution in [2.24, 2.45) is 0 Å². The lowest BCUT2D eigenvalue weighted by molar-refractivity contribution is 0.102. The van der Waals surface area contributed by atoms with E-state index in [-0.39, 0.29) is 7.43 Å². The van der Waals surface area contributed by atoms with Crippen molar-refractivity contribution in [1.82, 2.24) is 0 Å². The summed E-state index contributed by atoms with van der Waals surface area (Å²) in [5, 5.41) is 20.1. The lowest BCUT2D eigenvalue weighted by Gasteiger charge is -2.18. The standard InChI is InChI=1S/C16H24O2S.C2H6.CH4/c1-5-9-11-13(7-3)15(17)16(18)19-14(8-4)12-10-6-2;1-2;/h6-12,15-18H,4-5H2,1-3H3;1-2H3;1H4/b10-6-,11-9-,13-7+,14-12+;;. The van der Waals surface area contributed by atoms with Crippen LogP contribution in [-0.4, -0.2) is 21.8 Å². The maximum atomic E-state index is 10.1. The van der Waals surface area contributed by atoms with Gasteiger partial charge in [-0.3, -0.25) is 0 Å². The number of allylic oxidation sites excluding steroid dienone is 6. The average Bonchev–Trinajstić information content (AvgIpc) is 2.53. The minimum Gasteiger partial charge on any atom is -0.385 e. The molecule has 128 valence electrons. The van der Waals surface area contributed by atoms with Crippen LogP contribution in [0.25, 0.3) is 0 Å². The molecule has 0 aromatic carbocycles. The molecule has 2 N–H and O–H groups in total. The molecule has 0 amide bonds. The van der Waals surface area contributed by atoms with Crippen LogP contribution in [0.1, 0.15) is 48.5 Å². The van der Waals surface area contributed by atoms with Crippen LogP contribution in [-0.2, 0) is 0 Å². The van der Waals surface area contributed by atoms with E-state index in [0.29, 0.717) is 0 Å². The molecule has 22 heavy (non-hydrogen) atoms. The van der Waals surface area contributed by atoms with E-state index in [1.54, 1.807) is 6.08 Å². The summed E-state index contributed by atoms with van der Waals surface area (Å²) in [6.45, 7) is 13.5. The molecule has 0 aliphatic heterocycles. The Morgan fingerprint density at radius 1 is 1.23 bits per heavy atom. The maximum absolute atomic E-state index is 10.1. The van der Waals surface area contributed by atoms with Gasteiger partial charge in [-0.25, -0.2) is 0 Å². The maximum Gasteiger partial charge on any atom is 0.134 e. The lowest BCUT2D eigenvalue weighted by Crippen LogP contribution is -2.24. The Bertz CT molecular complexity index is 379. The Morgan fingerprint density at radius 3 is 2.23 bits per heavy atom. The highest BCUT2D eigenvalue weighted by Gasteiger charge is 2.19. The van der Waals surface area contributed by atoms with Crippen LogP contribution >= 0.6 is 11.8 Å². The molecule has 0 bridgehead atoms. The Balaban J connectivity index is -0.00000115. The van der Waals surface area contributed by atoms with Crippen molar-refractivity contribution >= 4 is 11.8 Å². The predicted octanol–water partition coefficient (Wildman–Crippen LogP) is 5.62. The molecule has 0 aliphatic rings. The van der Waals surface area contributed by atoms with E-state index in [9.17, 15) is 10.2 Å². The zero-order valence-electron chi connectivity index (χ0n) is 13.9. The van der Waals surface area contributed by atoms with Gasteiger partial charge in [0.1, 0.15) is 11.5 Å². The molecule has 0 saturated carbocycles. The molecule has 2 nitrogen and oxygen atoms in total. The molecule has 2 atom stereocenters. The molecule has 0 heterocycles. The second-order valence-corrected chi connectivity index (χ2v) is 5.04. The first-order chi connectivity index (χ1) is 10.1. The molecule has 0 aliphatic carbocycles. The zero-order chi connectivity index (χ0) is 16.7. The molecule has 0 fully saturated rings. The largest absolute Gasteiger partial charge is 0.385 e. The second kappa shape index (κ2) is 18.0. The number of hydrogen-bond donors (Lipinski definition) is 2. The van der Waals surface area contributed by atoms with E-state index in [1.807, 2.05) is 71.1 Å². The summed E-state index contributed by atoms with van der Waals surface area (Å²) in [6, 6.07) is 0. The smallest absolute Gasteiger partial charge is 0.134 e. The summed E-state index contributed by atoms with van der Waals surface area (Å²) >= 11 is 1.19. The Kier molecular flexibility index (Phi) is 21.2. The van der Waals surface area contributed by atoms with Gasteiger partial charge >= 0.3 is 0 Å². The van der Waals surface area contributed by atoms with Gasteiger partial charge in [-0.1, -0.05) is 83.0 Å². The van der Waals surface area contributed by atoms with E-state index in [2.05, 4.69) is 6.58 Å². The fourth-order valence-electron chi connectivity index (χ4n) is 1.33. The van der Waals surface area contributed by atoms with Crippen molar-refractivity contribution in [3.63, 3.8) is 0 Å². The minimum absolute atomic E-state index is 0. The van der Waals surface area contributed by atoms with Crippen LogP contribution in [0.15, 0.2) is 59.6 Å². The van der Waals surface area contributed by atoms with Gasteiger partial charge in [0.2, 0.25) is 0 Å². The highest BCUT2D eigenvalue weighted by Crippen LogP contribution is 2.26. The molecule has 0 spiro atoms. The molecule has 0 rings (SSSR count). The molecule has 3 heteroatoms. The van der Waals surface area contributed by atoms with Crippen molar-refractivity contribution in [3.05, 3.63) is 59.6 Å². The minimum atomic E-state index is -0.915. The van der Waals surface area contributed by atoms with E-state index in [0.717, 1.165) is 16.9 Å². The molecule has 2 unspecified atom stereocenters. The Labute approximate surface area is 142 Å². The summed E-state index contributed by atoms with van der Waals surface area (Å²) in [5.74, 6) is 0. The molecule has 0 saturated heterocycles. The van der Waals surface area contributed by atoms with Gasteiger partial charge in [-0.05, 0) is 31.9 Å². The third kappa shape index (κ3) is 11.6. The highest BCUT2D eigenvalue weighted by atomic mass is 32.2. The van der Waals surface area contributed by atoms with Crippen LogP contribution in [0.5, 0.6) is 0 Å². The summed E-state index contributed by atoms with van der Waals surface area (Å²) in [6.07, 6.45) is 12.9. The van der Waals surface area contributed by atoms with Crippen LogP contribution in [0, 0.1) is 0 Å². The Hall–Kier alpha value is -1.03. The molecule has 0 radical (unpaired) electrons. The van der Waals surface area contributed by atoms with Crippen LogP contribution < -0.4 is 0 Å². The summed E-state index contributed by atoms with van der Waals surface area (Å²) in [7, 11) is 0. The van der Waals surface area contributed by atoms with Crippen LogP contribution in [0.2, 0.25) is 0 Å². The van der Waals surface area contributed by atoms with Gasteiger partial charge in [-0.2, -0.15) is 0 Å². The highest BCUT2D eigenvalue weighted by molar-refractivity contribution is 8.03. The van der Waals surface area contributed by atoms with Gasteiger partial charge in [0.15, 0.2) is 0 Å². The first-order valence-electron chi connectivity index (χ1n) is 7.41.